The molecule has 4 nitrogen and oxygen atoms in total. The molecule has 0 spiro atoms. The number of amides is 1. The summed E-state index contributed by atoms with van der Waals surface area (Å²) < 4.78 is 79.8. The number of carbonyl (C=O) groups excluding carboxylic acids is 1. The number of pyridine rings is 1. The van der Waals surface area contributed by atoms with Gasteiger partial charge in [0, 0.05) is 19.8 Å². The summed E-state index contributed by atoms with van der Waals surface area (Å²) in [5.74, 6) is -0.640. The highest BCUT2D eigenvalue weighted by atomic mass is 19.4. The van der Waals surface area contributed by atoms with E-state index in [-0.39, 0.29) is 17.2 Å². The number of benzene rings is 2. The highest BCUT2D eigenvalue weighted by Crippen LogP contribution is 2.37. The minimum atomic E-state index is -4.99. The van der Waals surface area contributed by atoms with Crippen molar-refractivity contribution in [3.63, 3.8) is 0 Å². The van der Waals surface area contributed by atoms with Crippen LogP contribution in [0.3, 0.4) is 0 Å². The third-order valence-corrected chi connectivity index (χ3v) is 6.43. The molecule has 0 aliphatic carbocycles. The van der Waals surface area contributed by atoms with Crippen LogP contribution in [-0.2, 0) is 18.9 Å². The molecule has 3 aromatic rings. The van der Waals surface area contributed by atoms with Gasteiger partial charge >= 0.3 is 12.4 Å². The summed E-state index contributed by atoms with van der Waals surface area (Å²) in [5, 5.41) is 10.7. The lowest BCUT2D eigenvalue weighted by molar-refractivity contribution is -0.143. The second-order valence-corrected chi connectivity index (χ2v) is 9.56. The first-order valence-corrected chi connectivity index (χ1v) is 12.5. The molecule has 0 saturated carbocycles. The van der Waals surface area contributed by atoms with Crippen LogP contribution in [0.15, 0.2) is 54.7 Å². The molecule has 1 aromatic heterocycles. The first kappa shape index (κ1) is 30.1. The average Bonchev–Trinajstić information content (AvgIpc) is 2.87. The Morgan fingerprint density at radius 3 is 2.13 bits per heavy atom. The van der Waals surface area contributed by atoms with Crippen molar-refractivity contribution in [3.8, 4) is 11.1 Å². The molecule has 0 fully saturated rings. The van der Waals surface area contributed by atoms with Gasteiger partial charge in [-0.15, -0.1) is 0 Å². The van der Waals surface area contributed by atoms with Crippen LogP contribution in [0, 0.1) is 6.92 Å². The Morgan fingerprint density at radius 1 is 0.949 bits per heavy atom. The van der Waals surface area contributed by atoms with E-state index in [1.54, 1.807) is 18.2 Å². The summed E-state index contributed by atoms with van der Waals surface area (Å²) in [6.07, 6.45) is -6.35. The molecule has 2 aromatic carbocycles. The molecule has 1 unspecified atom stereocenters. The molecule has 1 amide bonds. The molecule has 1 atom stereocenters. The average molecular weight is 553 g/mol. The molecule has 39 heavy (non-hydrogen) atoms. The molecule has 0 aliphatic rings. The van der Waals surface area contributed by atoms with E-state index in [4.69, 9.17) is 0 Å². The van der Waals surface area contributed by atoms with Gasteiger partial charge in [-0.05, 0) is 59.9 Å². The molecule has 0 radical (unpaired) electrons. The molecular formula is C29H30F6N2O2. The number of alkyl halides is 6. The van der Waals surface area contributed by atoms with Gasteiger partial charge in [-0.3, -0.25) is 9.78 Å². The van der Waals surface area contributed by atoms with Crippen molar-refractivity contribution >= 4 is 5.91 Å². The Morgan fingerprint density at radius 2 is 1.56 bits per heavy atom. The van der Waals surface area contributed by atoms with Crippen molar-refractivity contribution in [2.24, 2.45) is 0 Å². The Hall–Kier alpha value is -3.40. The van der Waals surface area contributed by atoms with Gasteiger partial charge in [0.2, 0.25) is 0 Å². The van der Waals surface area contributed by atoms with Crippen LogP contribution in [0.4, 0.5) is 26.3 Å². The number of hydrogen-bond donors (Lipinski definition) is 1. The molecule has 210 valence electrons. The SMILES string of the molecule is CCCCCC(O)c1cc(-c2ccccc2C)c(C(=O)N(C)Cc2cc(C(F)(F)F)cc(C(F)(F)F)c2)cn1. The van der Waals surface area contributed by atoms with Crippen molar-refractivity contribution in [2.45, 2.75) is 64.5 Å². The number of aliphatic hydroxyl groups is 1. The second-order valence-electron chi connectivity index (χ2n) is 9.56. The third-order valence-electron chi connectivity index (χ3n) is 6.43. The number of rotatable bonds is 9. The summed E-state index contributed by atoms with van der Waals surface area (Å²) in [7, 11) is 1.30. The molecule has 0 aliphatic heterocycles. The van der Waals surface area contributed by atoms with Gasteiger partial charge in [-0.2, -0.15) is 26.3 Å². The lowest BCUT2D eigenvalue weighted by Crippen LogP contribution is -2.27. The quantitative estimate of drug-likeness (QED) is 0.216. The first-order chi connectivity index (χ1) is 18.2. The van der Waals surface area contributed by atoms with Crippen LogP contribution in [0.2, 0.25) is 0 Å². The highest BCUT2D eigenvalue weighted by molar-refractivity contribution is 6.00. The van der Waals surface area contributed by atoms with Gasteiger partial charge < -0.3 is 10.0 Å². The lowest BCUT2D eigenvalue weighted by atomic mass is 9.94. The largest absolute Gasteiger partial charge is 0.416 e. The van der Waals surface area contributed by atoms with E-state index in [1.807, 2.05) is 26.0 Å². The zero-order valence-electron chi connectivity index (χ0n) is 21.8. The number of nitrogens with zero attached hydrogens (tertiary/aromatic N) is 2. The van der Waals surface area contributed by atoms with Crippen molar-refractivity contribution in [2.75, 3.05) is 7.05 Å². The topological polar surface area (TPSA) is 53.4 Å². The van der Waals surface area contributed by atoms with Gasteiger partial charge in [0.1, 0.15) is 0 Å². The number of hydrogen-bond acceptors (Lipinski definition) is 3. The lowest BCUT2D eigenvalue weighted by Gasteiger charge is -2.22. The highest BCUT2D eigenvalue weighted by Gasteiger charge is 2.37. The number of aromatic nitrogens is 1. The predicted molar refractivity (Wildman–Crippen MR) is 136 cm³/mol. The summed E-state index contributed by atoms with van der Waals surface area (Å²) in [6.45, 7) is 3.38. The Balaban J connectivity index is 2.00. The van der Waals surface area contributed by atoms with Gasteiger partial charge in [-0.25, -0.2) is 0 Å². The summed E-state index contributed by atoms with van der Waals surface area (Å²) in [4.78, 5) is 18.8. The molecule has 0 bridgehead atoms. The normalized spacial score (nSPS) is 12.9. The summed E-state index contributed by atoms with van der Waals surface area (Å²) in [5.41, 5.74) is -0.744. The maximum absolute atomic E-state index is 13.5. The van der Waals surface area contributed by atoms with Crippen molar-refractivity contribution in [1.29, 1.82) is 0 Å². The van der Waals surface area contributed by atoms with Crippen LogP contribution in [-0.4, -0.2) is 27.9 Å². The van der Waals surface area contributed by atoms with Crippen LogP contribution < -0.4 is 0 Å². The zero-order chi connectivity index (χ0) is 29.0. The van der Waals surface area contributed by atoms with E-state index in [0.717, 1.165) is 29.7 Å². The van der Waals surface area contributed by atoms with Gasteiger partial charge in [0.25, 0.3) is 5.91 Å². The second kappa shape index (κ2) is 12.2. The molecular weight excluding hydrogens is 522 g/mol. The van der Waals surface area contributed by atoms with Crippen molar-refractivity contribution in [3.05, 3.63) is 88.2 Å². The Bertz CT molecular complexity index is 1270. The Kier molecular flexibility index (Phi) is 9.43. The summed E-state index contributed by atoms with van der Waals surface area (Å²) in [6, 6.07) is 10.1. The molecule has 0 saturated heterocycles. The fraction of sp³-hybridized carbons (Fsp3) is 0.379. The smallest absolute Gasteiger partial charge is 0.387 e. The zero-order valence-corrected chi connectivity index (χ0v) is 21.8. The maximum Gasteiger partial charge on any atom is 0.416 e. The number of aliphatic hydroxyl groups excluding tert-OH is 1. The summed E-state index contributed by atoms with van der Waals surface area (Å²) >= 11 is 0. The number of aryl methyl sites for hydroxylation is 1. The predicted octanol–water partition coefficient (Wildman–Crippen LogP) is 7.98. The van der Waals surface area contributed by atoms with Gasteiger partial charge in [0.15, 0.2) is 0 Å². The third kappa shape index (κ3) is 7.59. The number of carbonyl (C=O) groups is 1. The Labute approximate surface area is 223 Å². The molecule has 10 heteroatoms. The van der Waals surface area contributed by atoms with E-state index in [1.165, 1.54) is 13.2 Å². The molecule has 1 heterocycles. The van der Waals surface area contributed by atoms with Crippen LogP contribution in [0.25, 0.3) is 11.1 Å². The van der Waals surface area contributed by atoms with Crippen LogP contribution in [0.1, 0.15) is 77.0 Å². The van der Waals surface area contributed by atoms with E-state index >= 15 is 0 Å². The fourth-order valence-corrected chi connectivity index (χ4v) is 4.32. The minimum absolute atomic E-state index is 0.0517. The maximum atomic E-state index is 13.5. The first-order valence-electron chi connectivity index (χ1n) is 12.5. The van der Waals surface area contributed by atoms with Crippen LogP contribution >= 0.6 is 0 Å². The molecule has 3 rings (SSSR count). The standard InChI is InChI=1S/C29H30F6N2O2/c1-4-5-6-11-26(38)25-15-23(22-10-8-7-9-18(22)2)24(16-36-25)27(39)37(3)17-19-12-20(28(30,31)32)14-21(13-19)29(33,34)35/h7-10,12-16,26,38H,4-6,11,17H2,1-3H3. The number of halogens is 6. The van der Waals surface area contributed by atoms with Crippen molar-refractivity contribution in [1.82, 2.24) is 9.88 Å². The van der Waals surface area contributed by atoms with E-state index < -0.39 is 42.0 Å². The fourth-order valence-electron chi connectivity index (χ4n) is 4.32. The van der Waals surface area contributed by atoms with E-state index in [2.05, 4.69) is 4.98 Å². The van der Waals surface area contributed by atoms with Crippen molar-refractivity contribution < 1.29 is 36.2 Å². The van der Waals surface area contributed by atoms with E-state index in [9.17, 15) is 36.2 Å². The minimum Gasteiger partial charge on any atom is -0.387 e. The number of unbranched alkanes of at least 4 members (excludes halogenated alkanes) is 2. The van der Waals surface area contributed by atoms with Gasteiger partial charge in [-0.1, -0.05) is 50.5 Å². The van der Waals surface area contributed by atoms with Gasteiger partial charge in [0.05, 0.1) is 28.5 Å². The van der Waals surface area contributed by atoms with Crippen LogP contribution in [0.5, 0.6) is 0 Å². The molecule has 1 N–H and O–H groups in total. The van der Waals surface area contributed by atoms with E-state index in [0.29, 0.717) is 35.4 Å². The monoisotopic (exact) mass is 552 g/mol.